The minimum Gasteiger partial charge on any atom is -0.309 e. The molecule has 71 heavy (non-hydrogen) atoms. The van der Waals surface area contributed by atoms with Crippen LogP contribution in [0.25, 0.3) is 121 Å². The molecule has 0 aliphatic carbocycles. The molecule has 336 valence electrons. The number of para-hydroxylation sites is 6. The average molecular weight is 922 g/mol. The molecule has 0 saturated heterocycles. The predicted molar refractivity (Wildman–Crippen MR) is 284 cm³/mol. The van der Waals surface area contributed by atoms with Crippen LogP contribution in [-0.2, 0) is 6.18 Å². The van der Waals surface area contributed by atoms with E-state index in [-0.39, 0.29) is 5.56 Å². The number of halogens is 3. The number of benzene rings is 10. The molecular formula is C63H38F3N5. The van der Waals surface area contributed by atoms with E-state index < -0.39 is 11.7 Å². The van der Waals surface area contributed by atoms with Crippen LogP contribution in [0, 0.1) is 18.3 Å². The number of hydrogen-bond acceptors (Lipinski definition) is 1. The average Bonchev–Trinajstić information content (AvgIpc) is 4.12. The minimum atomic E-state index is -4.66. The van der Waals surface area contributed by atoms with Crippen molar-refractivity contribution in [2.45, 2.75) is 13.1 Å². The van der Waals surface area contributed by atoms with Crippen molar-refractivity contribution < 1.29 is 13.2 Å². The van der Waals surface area contributed by atoms with Gasteiger partial charge in [-0.2, -0.15) is 18.4 Å². The highest BCUT2D eigenvalue weighted by atomic mass is 19.4. The molecule has 0 unspecified atom stereocenters. The number of aryl methyl sites for hydroxylation is 1. The summed E-state index contributed by atoms with van der Waals surface area (Å²) >= 11 is 0. The number of rotatable bonds is 5. The van der Waals surface area contributed by atoms with E-state index in [1.54, 1.807) is 25.1 Å². The van der Waals surface area contributed by atoms with Crippen molar-refractivity contribution in [3.05, 3.63) is 229 Å². The molecule has 0 N–H and O–H groups in total. The minimum absolute atomic E-state index is 0.0606. The number of nitrogens with zero attached hydrogens (tertiary/aromatic N) is 5. The summed E-state index contributed by atoms with van der Waals surface area (Å²) in [5.74, 6) is 0. The zero-order valence-corrected chi connectivity index (χ0v) is 38.1. The van der Waals surface area contributed by atoms with Crippen LogP contribution in [0.1, 0.15) is 16.7 Å². The summed E-state index contributed by atoms with van der Waals surface area (Å²) in [7, 11) is 0. The summed E-state index contributed by atoms with van der Waals surface area (Å²) < 4.78 is 54.8. The zero-order valence-electron chi connectivity index (χ0n) is 38.1. The lowest BCUT2D eigenvalue weighted by atomic mass is 9.92. The fourth-order valence-electron chi connectivity index (χ4n) is 11.6. The van der Waals surface area contributed by atoms with Gasteiger partial charge in [-0.05, 0) is 102 Å². The van der Waals surface area contributed by atoms with Crippen molar-refractivity contribution in [3.8, 4) is 39.9 Å². The summed E-state index contributed by atoms with van der Waals surface area (Å²) in [5.41, 5.74) is 10.6. The van der Waals surface area contributed by atoms with Crippen molar-refractivity contribution in [2.75, 3.05) is 0 Å². The Morgan fingerprint density at radius 3 is 1.06 bits per heavy atom. The van der Waals surface area contributed by atoms with E-state index >= 15 is 13.2 Å². The molecule has 0 amide bonds. The number of nitriles is 1. The van der Waals surface area contributed by atoms with Gasteiger partial charge < -0.3 is 18.3 Å². The normalized spacial score (nSPS) is 12.2. The fourth-order valence-corrected chi connectivity index (χ4v) is 11.6. The Hall–Kier alpha value is -9.32. The molecule has 14 rings (SSSR count). The summed E-state index contributed by atoms with van der Waals surface area (Å²) in [6.45, 7) is 1.72. The maximum Gasteiger partial charge on any atom is 0.417 e. The van der Waals surface area contributed by atoms with Gasteiger partial charge in [0.25, 0.3) is 0 Å². The largest absolute Gasteiger partial charge is 0.417 e. The van der Waals surface area contributed by atoms with Crippen LogP contribution in [0.15, 0.2) is 212 Å². The molecule has 10 aromatic carbocycles. The van der Waals surface area contributed by atoms with Gasteiger partial charge in [0.15, 0.2) is 0 Å². The number of alkyl halides is 3. The Balaban J connectivity index is 1.12. The Morgan fingerprint density at radius 2 is 0.704 bits per heavy atom. The highest BCUT2D eigenvalue weighted by Gasteiger charge is 2.35. The van der Waals surface area contributed by atoms with Crippen molar-refractivity contribution in [1.82, 2.24) is 18.3 Å². The van der Waals surface area contributed by atoms with Crippen LogP contribution < -0.4 is 0 Å². The van der Waals surface area contributed by atoms with Gasteiger partial charge in [-0.25, -0.2) is 0 Å². The maximum absolute atomic E-state index is 15.4. The second kappa shape index (κ2) is 15.1. The van der Waals surface area contributed by atoms with Crippen LogP contribution in [0.4, 0.5) is 13.2 Å². The summed E-state index contributed by atoms with van der Waals surface area (Å²) in [6, 6.07) is 72.9. The molecule has 0 aliphatic heterocycles. The van der Waals surface area contributed by atoms with Gasteiger partial charge >= 0.3 is 6.18 Å². The van der Waals surface area contributed by atoms with Crippen molar-refractivity contribution in [1.29, 1.82) is 5.26 Å². The summed E-state index contributed by atoms with van der Waals surface area (Å²) in [6.07, 6.45) is -4.66. The Bertz CT molecular complexity index is 4250. The van der Waals surface area contributed by atoms with Gasteiger partial charge in [0.05, 0.1) is 61.1 Å². The second-order valence-electron chi connectivity index (χ2n) is 18.3. The third kappa shape index (κ3) is 5.87. The van der Waals surface area contributed by atoms with Gasteiger partial charge in [-0.15, -0.1) is 0 Å². The first-order chi connectivity index (χ1) is 34.8. The third-order valence-electron chi connectivity index (χ3n) is 14.5. The van der Waals surface area contributed by atoms with Crippen molar-refractivity contribution in [2.24, 2.45) is 0 Å². The third-order valence-corrected chi connectivity index (χ3v) is 14.5. The number of aromatic nitrogens is 4. The van der Waals surface area contributed by atoms with Crippen LogP contribution in [0.5, 0.6) is 0 Å². The monoisotopic (exact) mass is 921 g/mol. The van der Waals surface area contributed by atoms with Crippen LogP contribution in [0.3, 0.4) is 0 Å². The predicted octanol–water partition coefficient (Wildman–Crippen LogP) is 16.9. The Morgan fingerprint density at radius 1 is 0.366 bits per heavy atom. The van der Waals surface area contributed by atoms with Crippen molar-refractivity contribution in [3.63, 3.8) is 0 Å². The first-order valence-corrected chi connectivity index (χ1v) is 23.6. The van der Waals surface area contributed by atoms with E-state index in [9.17, 15) is 5.26 Å². The molecule has 0 radical (unpaired) electrons. The second-order valence-corrected chi connectivity index (χ2v) is 18.3. The Labute approximate surface area is 404 Å². The fraction of sp³-hybridized carbons (Fsp3) is 0.0317. The highest BCUT2D eigenvalue weighted by molar-refractivity contribution is 6.14. The van der Waals surface area contributed by atoms with Gasteiger partial charge in [-0.1, -0.05) is 133 Å². The van der Waals surface area contributed by atoms with Gasteiger partial charge in [0.2, 0.25) is 0 Å². The van der Waals surface area contributed by atoms with Crippen LogP contribution in [-0.4, -0.2) is 18.3 Å². The summed E-state index contributed by atoms with van der Waals surface area (Å²) in [4.78, 5) is 0. The van der Waals surface area contributed by atoms with E-state index in [1.165, 1.54) is 6.07 Å². The lowest BCUT2D eigenvalue weighted by Gasteiger charge is -2.21. The van der Waals surface area contributed by atoms with E-state index in [0.717, 1.165) is 105 Å². The van der Waals surface area contributed by atoms with Crippen molar-refractivity contribution >= 4 is 87.2 Å². The van der Waals surface area contributed by atoms with Crippen LogP contribution in [0.2, 0.25) is 0 Å². The molecule has 8 heteroatoms. The first kappa shape index (κ1) is 40.7. The maximum atomic E-state index is 15.4. The molecule has 14 aromatic rings. The quantitative estimate of drug-likeness (QED) is 0.170. The molecule has 0 saturated carbocycles. The van der Waals surface area contributed by atoms with E-state index in [4.69, 9.17) is 0 Å². The first-order valence-electron chi connectivity index (χ1n) is 23.6. The smallest absolute Gasteiger partial charge is 0.309 e. The van der Waals surface area contributed by atoms with E-state index in [1.807, 2.05) is 60.7 Å². The number of fused-ring (bicyclic) bond motifs is 12. The lowest BCUT2D eigenvalue weighted by Crippen LogP contribution is -2.10. The highest BCUT2D eigenvalue weighted by Crippen LogP contribution is 2.45. The molecule has 0 atom stereocenters. The number of hydrogen-bond donors (Lipinski definition) is 0. The van der Waals surface area contributed by atoms with Gasteiger partial charge in [0, 0.05) is 54.5 Å². The molecule has 5 nitrogen and oxygen atoms in total. The molecule has 0 fully saturated rings. The summed E-state index contributed by atoms with van der Waals surface area (Å²) in [5, 5.41) is 20.1. The molecule has 0 spiro atoms. The standard InChI is InChI=1S/C63H38F3N5/c1-38-15-14-22-51(63(64,65)66)62(38)39-33-58(70-56-27-12-6-20-46(56)48-31-29-40(35-60(48)70)68-52-23-8-2-16-42(52)43-17-3-9-24-53(43)68)50(37-67)59(34-39)71-57-28-13-7-21-47(57)49-32-30-41(36-61(49)71)69-54-25-10-4-18-44(54)45-19-5-11-26-55(45)69/h2-36H,1H3. The van der Waals surface area contributed by atoms with E-state index in [0.29, 0.717) is 28.1 Å². The topological polar surface area (TPSA) is 43.5 Å². The van der Waals surface area contributed by atoms with E-state index in [2.05, 4.69) is 146 Å². The van der Waals surface area contributed by atoms with Gasteiger partial charge in [0.1, 0.15) is 11.6 Å². The lowest BCUT2D eigenvalue weighted by molar-refractivity contribution is -0.137. The molecular weight excluding hydrogens is 884 g/mol. The Kier molecular flexibility index (Phi) is 8.65. The molecule has 4 heterocycles. The molecule has 0 aliphatic rings. The van der Waals surface area contributed by atoms with Gasteiger partial charge in [-0.3, -0.25) is 0 Å². The SMILES string of the molecule is Cc1cccc(C(F)(F)F)c1-c1cc(-n2c3ccccc3c3ccc(-n4c5ccccc5c5ccccc54)cc32)c(C#N)c(-n2c3ccccc3c3ccc(-n4c5ccccc5c5ccccc54)cc32)c1. The molecule has 0 bridgehead atoms. The van der Waals surface area contributed by atoms with Crippen LogP contribution >= 0.6 is 0 Å². The zero-order chi connectivity index (χ0) is 47.7. The molecule has 4 aromatic heterocycles.